The van der Waals surface area contributed by atoms with Gasteiger partial charge in [-0.15, -0.1) is 11.3 Å². The van der Waals surface area contributed by atoms with Crippen molar-refractivity contribution in [2.45, 2.75) is 59.0 Å². The summed E-state index contributed by atoms with van der Waals surface area (Å²) in [5, 5.41) is 15.7. The Kier molecular flexibility index (Phi) is 6.96. The van der Waals surface area contributed by atoms with Crippen LogP contribution in [0.5, 0.6) is 0 Å². The largest absolute Gasteiger partial charge is 0.358 e. The molecule has 0 bridgehead atoms. The number of anilines is 1. The number of nitrogens with zero attached hydrogens (tertiary/aromatic N) is 2. The first kappa shape index (κ1) is 22.2. The van der Waals surface area contributed by atoms with Crippen LogP contribution in [-0.4, -0.2) is 39.5 Å². The van der Waals surface area contributed by atoms with E-state index in [2.05, 4.69) is 49.3 Å². The first-order valence-electron chi connectivity index (χ1n) is 9.19. The van der Waals surface area contributed by atoms with Crippen molar-refractivity contribution >= 4 is 50.5 Å². The monoisotopic (exact) mass is 425 g/mol. The molecule has 2 heterocycles. The SMILES string of the molecule is CCN(CC)C(=S)SCC(=O)Nc1sc2c(c1C#N)CC(C)(C)[NH2+]C2(C)C. The second-order valence-electron chi connectivity index (χ2n) is 8.03. The number of fused-ring (bicyclic) bond motifs is 1. The summed E-state index contributed by atoms with van der Waals surface area (Å²) in [5.74, 6) is 0.134. The molecule has 148 valence electrons. The number of amides is 1. The average molecular weight is 426 g/mol. The van der Waals surface area contributed by atoms with Crippen LogP contribution >= 0.6 is 35.3 Å². The first-order chi connectivity index (χ1) is 12.5. The lowest BCUT2D eigenvalue weighted by atomic mass is 9.81. The molecular formula is C19H29N4OS3+. The Labute approximate surface area is 175 Å². The summed E-state index contributed by atoms with van der Waals surface area (Å²) in [7, 11) is 0. The van der Waals surface area contributed by atoms with Crippen molar-refractivity contribution in [3.05, 3.63) is 16.0 Å². The lowest BCUT2D eigenvalue weighted by Crippen LogP contribution is -3.03. The van der Waals surface area contributed by atoms with Crippen LogP contribution in [0.25, 0.3) is 0 Å². The van der Waals surface area contributed by atoms with Crippen molar-refractivity contribution < 1.29 is 10.1 Å². The summed E-state index contributed by atoms with van der Waals surface area (Å²) in [6.07, 6.45) is 0.821. The average Bonchev–Trinajstić information content (AvgIpc) is 2.90. The number of thiophene rings is 1. The molecule has 0 spiro atoms. The van der Waals surface area contributed by atoms with Crippen molar-refractivity contribution in [2.75, 3.05) is 24.2 Å². The Balaban J connectivity index is 2.17. The third kappa shape index (κ3) is 5.02. The molecule has 0 aliphatic carbocycles. The number of quaternary nitrogens is 1. The van der Waals surface area contributed by atoms with Crippen LogP contribution < -0.4 is 10.6 Å². The first-order valence-corrected chi connectivity index (χ1v) is 11.4. The maximum atomic E-state index is 12.5. The number of thiocarbonyl (C=S) groups is 1. The van der Waals surface area contributed by atoms with Crippen molar-refractivity contribution in [3.8, 4) is 6.07 Å². The topological polar surface area (TPSA) is 72.7 Å². The van der Waals surface area contributed by atoms with Gasteiger partial charge in [-0.2, -0.15) is 5.26 Å². The molecule has 0 saturated heterocycles. The van der Waals surface area contributed by atoms with Gasteiger partial charge in [0.15, 0.2) is 0 Å². The number of thioether (sulfide) groups is 1. The molecule has 8 heteroatoms. The lowest BCUT2D eigenvalue weighted by molar-refractivity contribution is -0.789. The molecule has 2 rings (SSSR count). The van der Waals surface area contributed by atoms with Gasteiger partial charge in [0.25, 0.3) is 0 Å². The van der Waals surface area contributed by atoms with Gasteiger partial charge in [0.05, 0.1) is 21.7 Å². The molecule has 3 N–H and O–H groups in total. The van der Waals surface area contributed by atoms with E-state index in [0.29, 0.717) is 10.6 Å². The van der Waals surface area contributed by atoms with Gasteiger partial charge in [-0.3, -0.25) is 4.79 Å². The molecule has 0 saturated carbocycles. The molecule has 5 nitrogen and oxygen atoms in total. The number of rotatable bonds is 5. The van der Waals surface area contributed by atoms with E-state index in [1.54, 1.807) is 0 Å². The minimum atomic E-state index is -0.120. The van der Waals surface area contributed by atoms with Gasteiger partial charge in [0.1, 0.15) is 20.9 Å². The normalized spacial score (nSPS) is 16.9. The quantitative estimate of drug-likeness (QED) is 0.710. The molecule has 0 atom stereocenters. The molecule has 0 unspecified atom stereocenters. The number of carbonyl (C=O) groups is 1. The second kappa shape index (κ2) is 8.48. The van der Waals surface area contributed by atoms with Crippen molar-refractivity contribution in [2.24, 2.45) is 0 Å². The Bertz CT molecular complexity index is 773. The van der Waals surface area contributed by atoms with Crippen LogP contribution in [0.15, 0.2) is 0 Å². The zero-order chi connectivity index (χ0) is 20.4. The van der Waals surface area contributed by atoms with Gasteiger partial charge in [-0.05, 0) is 47.1 Å². The van der Waals surface area contributed by atoms with Crippen molar-refractivity contribution in [1.29, 1.82) is 5.26 Å². The second-order valence-corrected chi connectivity index (χ2v) is 10.7. The van der Waals surface area contributed by atoms with Gasteiger partial charge in [-0.25, -0.2) is 0 Å². The van der Waals surface area contributed by atoms with Gasteiger partial charge >= 0.3 is 0 Å². The number of nitrogens with one attached hydrogen (secondary N) is 1. The van der Waals surface area contributed by atoms with Crippen LogP contribution in [0.3, 0.4) is 0 Å². The Morgan fingerprint density at radius 1 is 1.37 bits per heavy atom. The number of carbonyl (C=O) groups excluding carboxylic acids is 1. The summed E-state index contributed by atoms with van der Waals surface area (Å²) in [5.41, 5.74) is 1.61. The van der Waals surface area contributed by atoms with E-state index < -0.39 is 0 Å². The fourth-order valence-corrected chi connectivity index (χ4v) is 6.23. The predicted octanol–water partition coefficient (Wildman–Crippen LogP) is 3.05. The van der Waals surface area contributed by atoms with Crippen LogP contribution in [0, 0.1) is 11.3 Å². The summed E-state index contributed by atoms with van der Waals surface area (Å²) in [4.78, 5) is 15.7. The van der Waals surface area contributed by atoms with Gasteiger partial charge in [0.2, 0.25) is 5.91 Å². The van der Waals surface area contributed by atoms with E-state index in [1.165, 1.54) is 28.0 Å². The third-order valence-electron chi connectivity index (χ3n) is 4.69. The number of nitrogens with two attached hydrogens (primary N) is 1. The summed E-state index contributed by atoms with van der Waals surface area (Å²) < 4.78 is 0.735. The molecule has 1 aliphatic rings. The zero-order valence-electron chi connectivity index (χ0n) is 16.9. The molecule has 0 fully saturated rings. The van der Waals surface area contributed by atoms with Crippen molar-refractivity contribution in [3.63, 3.8) is 0 Å². The smallest absolute Gasteiger partial charge is 0.235 e. The highest BCUT2D eigenvalue weighted by Crippen LogP contribution is 2.41. The Hall–Kier alpha value is -1.14. The highest BCUT2D eigenvalue weighted by Gasteiger charge is 2.44. The van der Waals surface area contributed by atoms with E-state index in [-0.39, 0.29) is 22.7 Å². The standard InChI is InChI=1S/C19H28N4OS3/c1-7-23(8-2)17(25)26-11-14(24)21-16-13(10-20)12-9-18(3,4)22-19(5,6)15(12)27-16/h22H,7-9,11H2,1-6H3,(H,21,24)/p+1. The highest BCUT2D eigenvalue weighted by molar-refractivity contribution is 8.23. The van der Waals surface area contributed by atoms with Crippen LogP contribution in [0.1, 0.15) is 57.5 Å². The van der Waals surface area contributed by atoms with E-state index in [0.717, 1.165) is 29.4 Å². The molecular weight excluding hydrogens is 396 g/mol. The van der Waals surface area contributed by atoms with Crippen molar-refractivity contribution in [1.82, 2.24) is 4.90 Å². The molecule has 0 radical (unpaired) electrons. The highest BCUT2D eigenvalue weighted by atomic mass is 32.2. The number of nitriles is 1. The lowest BCUT2D eigenvalue weighted by Gasteiger charge is -2.38. The fraction of sp³-hybridized carbons (Fsp3) is 0.632. The molecule has 1 aromatic heterocycles. The molecule has 1 aliphatic heterocycles. The minimum absolute atomic E-state index is 0.0241. The minimum Gasteiger partial charge on any atom is -0.358 e. The summed E-state index contributed by atoms with van der Waals surface area (Å²) in [6, 6.07) is 2.33. The Morgan fingerprint density at radius 2 is 2.00 bits per heavy atom. The van der Waals surface area contributed by atoms with Gasteiger partial charge < -0.3 is 15.5 Å². The van der Waals surface area contributed by atoms with Crippen LogP contribution in [0.4, 0.5) is 5.00 Å². The fourth-order valence-electron chi connectivity index (χ4n) is 3.77. The number of hydrogen-bond donors (Lipinski definition) is 2. The van der Waals surface area contributed by atoms with Crippen LogP contribution in [-0.2, 0) is 16.8 Å². The maximum absolute atomic E-state index is 12.5. The summed E-state index contributed by atoms with van der Waals surface area (Å²) in [6.45, 7) is 14.5. The maximum Gasteiger partial charge on any atom is 0.235 e. The summed E-state index contributed by atoms with van der Waals surface area (Å²) >= 11 is 8.29. The van der Waals surface area contributed by atoms with E-state index in [9.17, 15) is 10.1 Å². The van der Waals surface area contributed by atoms with Gasteiger partial charge in [-0.1, -0.05) is 24.0 Å². The molecule has 1 amide bonds. The van der Waals surface area contributed by atoms with Crippen LogP contribution in [0.2, 0.25) is 0 Å². The third-order valence-corrected chi connectivity index (χ3v) is 7.70. The number of hydrogen-bond acceptors (Lipinski definition) is 5. The van der Waals surface area contributed by atoms with E-state index in [4.69, 9.17) is 12.2 Å². The molecule has 27 heavy (non-hydrogen) atoms. The zero-order valence-corrected chi connectivity index (χ0v) is 19.4. The van der Waals surface area contributed by atoms with E-state index in [1.807, 2.05) is 13.8 Å². The molecule has 1 aromatic rings. The predicted molar refractivity (Wildman–Crippen MR) is 118 cm³/mol. The van der Waals surface area contributed by atoms with E-state index >= 15 is 0 Å². The van der Waals surface area contributed by atoms with Gasteiger partial charge in [0, 0.05) is 19.5 Å². The Morgan fingerprint density at radius 3 is 2.56 bits per heavy atom. The molecule has 0 aromatic carbocycles.